The van der Waals surface area contributed by atoms with Crippen LogP contribution in [0.25, 0.3) is 0 Å². The number of aryl methyl sites for hydroxylation is 1. The highest BCUT2D eigenvalue weighted by Gasteiger charge is 2.12. The quantitative estimate of drug-likeness (QED) is 0.739. The van der Waals surface area contributed by atoms with E-state index >= 15 is 0 Å². The van der Waals surface area contributed by atoms with Crippen molar-refractivity contribution in [2.24, 2.45) is 0 Å². The van der Waals surface area contributed by atoms with Crippen molar-refractivity contribution in [1.82, 2.24) is 9.88 Å². The predicted octanol–water partition coefficient (Wildman–Crippen LogP) is 3.05. The molecule has 1 heterocycles. The van der Waals surface area contributed by atoms with E-state index in [4.69, 9.17) is 0 Å². The van der Waals surface area contributed by atoms with Gasteiger partial charge >= 0.3 is 0 Å². The van der Waals surface area contributed by atoms with E-state index in [-0.39, 0.29) is 24.5 Å². The van der Waals surface area contributed by atoms with Gasteiger partial charge in [-0.25, -0.2) is 0 Å². The first-order chi connectivity index (χ1) is 11.1. The van der Waals surface area contributed by atoms with Crippen LogP contribution in [0.4, 0.5) is 0 Å². The number of carbonyl (C=O) groups excluding carboxylic acids is 2. The van der Waals surface area contributed by atoms with Crippen molar-refractivity contribution in [3.63, 3.8) is 0 Å². The third-order valence-electron chi connectivity index (χ3n) is 3.79. The molecule has 4 heteroatoms. The van der Waals surface area contributed by atoms with Crippen molar-refractivity contribution in [3.05, 3.63) is 65.5 Å². The Morgan fingerprint density at radius 2 is 1.78 bits per heavy atom. The first kappa shape index (κ1) is 16.9. The number of hydrogen-bond donors (Lipinski definition) is 0. The molecule has 0 radical (unpaired) electrons. The summed E-state index contributed by atoms with van der Waals surface area (Å²) in [5.74, 6) is -0.00197. The van der Waals surface area contributed by atoms with E-state index in [1.54, 1.807) is 18.1 Å². The Kier molecular flexibility index (Phi) is 6.03. The van der Waals surface area contributed by atoms with Gasteiger partial charge < -0.3 is 4.90 Å². The number of benzene rings is 1. The zero-order chi connectivity index (χ0) is 16.7. The molecular formula is C19H22N2O2. The molecule has 0 saturated carbocycles. The molecule has 1 aromatic carbocycles. The minimum atomic E-state index is -0.0126. The highest BCUT2D eigenvalue weighted by atomic mass is 16.2. The molecule has 1 aromatic heterocycles. The molecule has 0 aliphatic carbocycles. The second kappa shape index (κ2) is 8.22. The number of likely N-dealkylation sites (N-methyl/N-ethyl adjacent to an activating group) is 1. The summed E-state index contributed by atoms with van der Waals surface area (Å²) in [6, 6.07) is 13.2. The zero-order valence-corrected chi connectivity index (χ0v) is 13.7. The smallest absolute Gasteiger partial charge is 0.222 e. The third-order valence-corrected chi connectivity index (χ3v) is 3.79. The van der Waals surface area contributed by atoms with E-state index in [9.17, 15) is 9.59 Å². The number of carbonyl (C=O) groups is 2. The second-order valence-corrected chi connectivity index (χ2v) is 5.68. The predicted molar refractivity (Wildman–Crippen MR) is 90.3 cm³/mol. The maximum atomic E-state index is 12.1. The van der Waals surface area contributed by atoms with Crippen LogP contribution in [0.5, 0.6) is 0 Å². The van der Waals surface area contributed by atoms with Crippen molar-refractivity contribution >= 4 is 11.7 Å². The van der Waals surface area contributed by atoms with E-state index < -0.39 is 0 Å². The molecule has 4 nitrogen and oxygen atoms in total. The van der Waals surface area contributed by atoms with Gasteiger partial charge in [0.25, 0.3) is 0 Å². The zero-order valence-electron chi connectivity index (χ0n) is 13.7. The maximum Gasteiger partial charge on any atom is 0.222 e. The average molecular weight is 310 g/mol. The largest absolute Gasteiger partial charge is 0.345 e. The molecule has 23 heavy (non-hydrogen) atoms. The fraction of sp³-hybridized carbons (Fsp3) is 0.316. The molecule has 0 spiro atoms. The summed E-state index contributed by atoms with van der Waals surface area (Å²) in [6.45, 7) is 2.59. The molecule has 0 N–H and O–H groups in total. The average Bonchev–Trinajstić information content (AvgIpc) is 2.58. The minimum absolute atomic E-state index is 0.0106. The summed E-state index contributed by atoms with van der Waals surface area (Å²) in [5, 5.41) is 0. The Morgan fingerprint density at radius 3 is 2.43 bits per heavy atom. The lowest BCUT2D eigenvalue weighted by molar-refractivity contribution is -0.129. The summed E-state index contributed by atoms with van der Waals surface area (Å²) in [7, 11) is 1.77. The van der Waals surface area contributed by atoms with Crippen LogP contribution >= 0.6 is 0 Å². The lowest BCUT2D eigenvalue weighted by Crippen LogP contribution is -2.29. The van der Waals surface area contributed by atoms with Gasteiger partial charge in [-0.15, -0.1) is 0 Å². The van der Waals surface area contributed by atoms with E-state index in [0.717, 1.165) is 17.7 Å². The van der Waals surface area contributed by atoms with Crippen LogP contribution < -0.4 is 0 Å². The standard InChI is InChI=1S/C19H22N2O2/c1-15-6-8-16(9-7-15)18(22)10-11-19(23)21(2)14-12-17-5-3-4-13-20-17/h3-9,13H,10-12,14H2,1-2H3. The molecule has 0 bridgehead atoms. The van der Waals surface area contributed by atoms with Gasteiger partial charge in [-0.1, -0.05) is 35.9 Å². The Hall–Kier alpha value is -2.49. The van der Waals surface area contributed by atoms with Crippen LogP contribution in [-0.2, 0) is 11.2 Å². The SMILES string of the molecule is Cc1ccc(C(=O)CCC(=O)N(C)CCc2ccccn2)cc1. The van der Waals surface area contributed by atoms with Gasteiger partial charge in [0, 0.05) is 50.3 Å². The van der Waals surface area contributed by atoms with Gasteiger partial charge in [-0.05, 0) is 19.1 Å². The molecule has 0 aliphatic rings. The fourth-order valence-corrected chi connectivity index (χ4v) is 2.25. The fourth-order valence-electron chi connectivity index (χ4n) is 2.25. The van der Waals surface area contributed by atoms with Crippen LogP contribution in [0.1, 0.15) is 34.5 Å². The Morgan fingerprint density at radius 1 is 1.04 bits per heavy atom. The van der Waals surface area contributed by atoms with Crippen LogP contribution in [0.15, 0.2) is 48.7 Å². The van der Waals surface area contributed by atoms with Gasteiger partial charge in [-0.3, -0.25) is 14.6 Å². The summed E-state index contributed by atoms with van der Waals surface area (Å²) in [5.41, 5.74) is 2.74. The normalized spacial score (nSPS) is 10.3. The van der Waals surface area contributed by atoms with Crippen LogP contribution in [0.3, 0.4) is 0 Å². The highest BCUT2D eigenvalue weighted by molar-refractivity contribution is 5.97. The molecular weight excluding hydrogens is 288 g/mol. The number of pyridine rings is 1. The van der Waals surface area contributed by atoms with Crippen LogP contribution in [0.2, 0.25) is 0 Å². The summed E-state index contributed by atoms with van der Waals surface area (Å²) < 4.78 is 0. The number of hydrogen-bond acceptors (Lipinski definition) is 3. The minimum Gasteiger partial charge on any atom is -0.345 e. The monoisotopic (exact) mass is 310 g/mol. The van der Waals surface area contributed by atoms with Gasteiger partial charge in [0.2, 0.25) is 5.91 Å². The Bertz CT molecular complexity index is 651. The maximum absolute atomic E-state index is 12.1. The van der Waals surface area contributed by atoms with Crippen LogP contribution in [-0.4, -0.2) is 35.2 Å². The topological polar surface area (TPSA) is 50.3 Å². The first-order valence-electron chi connectivity index (χ1n) is 7.80. The van der Waals surface area contributed by atoms with Crippen molar-refractivity contribution < 1.29 is 9.59 Å². The van der Waals surface area contributed by atoms with Crippen molar-refractivity contribution in [3.8, 4) is 0 Å². The number of Topliss-reactive ketones (excluding diaryl/α,β-unsaturated/α-hetero) is 1. The number of rotatable bonds is 7. The number of amides is 1. The molecule has 0 fully saturated rings. The molecule has 1 amide bonds. The van der Waals surface area contributed by atoms with E-state index in [1.165, 1.54) is 0 Å². The molecule has 0 aliphatic heterocycles. The Balaban J connectivity index is 1.77. The van der Waals surface area contributed by atoms with E-state index in [0.29, 0.717) is 12.1 Å². The van der Waals surface area contributed by atoms with Gasteiger partial charge in [0.15, 0.2) is 5.78 Å². The number of aromatic nitrogens is 1. The highest BCUT2D eigenvalue weighted by Crippen LogP contribution is 2.08. The summed E-state index contributed by atoms with van der Waals surface area (Å²) in [4.78, 5) is 30.1. The number of ketones is 1. The molecule has 2 aromatic rings. The second-order valence-electron chi connectivity index (χ2n) is 5.68. The van der Waals surface area contributed by atoms with Gasteiger partial charge in [-0.2, -0.15) is 0 Å². The van der Waals surface area contributed by atoms with E-state index in [1.807, 2.05) is 49.4 Å². The van der Waals surface area contributed by atoms with Crippen molar-refractivity contribution in [2.75, 3.05) is 13.6 Å². The molecule has 0 atom stereocenters. The summed E-state index contributed by atoms with van der Waals surface area (Å²) in [6.07, 6.45) is 2.95. The Labute approximate surface area is 137 Å². The molecule has 2 rings (SSSR count). The van der Waals surface area contributed by atoms with Gasteiger partial charge in [0.1, 0.15) is 0 Å². The van der Waals surface area contributed by atoms with Crippen molar-refractivity contribution in [2.45, 2.75) is 26.2 Å². The number of nitrogens with zero attached hydrogens (tertiary/aromatic N) is 2. The summed E-state index contributed by atoms with van der Waals surface area (Å²) >= 11 is 0. The van der Waals surface area contributed by atoms with Crippen molar-refractivity contribution in [1.29, 1.82) is 0 Å². The van der Waals surface area contributed by atoms with E-state index in [2.05, 4.69) is 4.98 Å². The molecule has 120 valence electrons. The van der Waals surface area contributed by atoms with Gasteiger partial charge in [0.05, 0.1) is 0 Å². The lowest BCUT2D eigenvalue weighted by atomic mass is 10.0. The molecule has 0 unspecified atom stereocenters. The third kappa shape index (κ3) is 5.33. The van der Waals surface area contributed by atoms with Crippen LogP contribution in [0, 0.1) is 6.92 Å². The molecule has 0 saturated heterocycles. The first-order valence-corrected chi connectivity index (χ1v) is 7.80. The lowest BCUT2D eigenvalue weighted by Gasteiger charge is -2.16.